The molecule has 3 aromatic carbocycles. The van der Waals surface area contributed by atoms with Gasteiger partial charge in [-0.05, 0) is 41.5 Å². The zero-order valence-electron chi connectivity index (χ0n) is 21.3. The van der Waals surface area contributed by atoms with Crippen LogP contribution in [-0.4, -0.2) is 36.0 Å². The van der Waals surface area contributed by atoms with Gasteiger partial charge in [-0.15, -0.1) is 0 Å². The number of hydrogen-bond donors (Lipinski definition) is 1. The summed E-state index contributed by atoms with van der Waals surface area (Å²) in [7, 11) is 0. The Hall–Kier alpha value is -3.69. The van der Waals surface area contributed by atoms with Gasteiger partial charge < -0.3 is 14.7 Å². The molecule has 3 nitrogen and oxygen atoms in total. The van der Waals surface area contributed by atoms with E-state index >= 15 is 0 Å². The van der Waals surface area contributed by atoms with Crippen LogP contribution < -0.4 is 9.64 Å². The summed E-state index contributed by atoms with van der Waals surface area (Å²) in [5, 5.41) is 9.65. The minimum absolute atomic E-state index is 0.0773. The Morgan fingerprint density at radius 3 is 1.81 bits per heavy atom. The largest absolute Gasteiger partial charge is 0.489 e. The second kappa shape index (κ2) is 12.1. The zero-order valence-corrected chi connectivity index (χ0v) is 21.3. The molecule has 0 aromatic heterocycles. The number of nitrogens with zero attached hydrogens (tertiary/aromatic N) is 1. The zero-order chi connectivity index (χ0) is 32.4. The molecule has 0 bridgehead atoms. The number of halogens is 13. The van der Waals surface area contributed by atoms with Crippen LogP contribution in [0, 0.1) is 0 Å². The van der Waals surface area contributed by atoms with Crippen LogP contribution in [0.4, 0.5) is 62.8 Å². The summed E-state index contributed by atoms with van der Waals surface area (Å²) in [6, 6.07) is 11.1. The van der Waals surface area contributed by atoms with E-state index in [4.69, 9.17) is 4.74 Å². The highest BCUT2D eigenvalue weighted by molar-refractivity contribution is 5.51. The van der Waals surface area contributed by atoms with E-state index in [0.29, 0.717) is 12.1 Å². The number of alkyl halides is 13. The van der Waals surface area contributed by atoms with Gasteiger partial charge in [0.15, 0.2) is 6.10 Å². The van der Waals surface area contributed by atoms with E-state index in [-0.39, 0.29) is 23.1 Å². The topological polar surface area (TPSA) is 32.7 Å². The van der Waals surface area contributed by atoms with Crippen molar-refractivity contribution in [3.8, 4) is 5.75 Å². The van der Waals surface area contributed by atoms with Crippen LogP contribution in [0.5, 0.6) is 5.75 Å². The second-order valence-corrected chi connectivity index (χ2v) is 9.27. The first kappa shape index (κ1) is 33.8. The summed E-state index contributed by atoms with van der Waals surface area (Å²) < 4.78 is 177. The van der Waals surface area contributed by atoms with Crippen molar-refractivity contribution in [1.82, 2.24) is 0 Å². The summed E-state index contributed by atoms with van der Waals surface area (Å²) in [5.41, 5.74) is -3.21. The summed E-state index contributed by atoms with van der Waals surface area (Å²) in [5.74, 6) is -12.3. The van der Waals surface area contributed by atoms with E-state index in [1.54, 1.807) is 0 Å². The quantitative estimate of drug-likeness (QED) is 0.227. The molecule has 0 aliphatic heterocycles. The van der Waals surface area contributed by atoms with Crippen molar-refractivity contribution in [2.75, 3.05) is 11.4 Å². The fourth-order valence-electron chi connectivity index (χ4n) is 3.79. The molecule has 0 spiro atoms. The van der Waals surface area contributed by atoms with Gasteiger partial charge in [-0.2, -0.15) is 57.1 Å². The van der Waals surface area contributed by atoms with Crippen molar-refractivity contribution < 1.29 is 66.9 Å². The monoisotopic (exact) mass is 637 g/mol. The fourth-order valence-corrected chi connectivity index (χ4v) is 3.79. The Morgan fingerprint density at radius 1 is 0.674 bits per heavy atom. The average Bonchev–Trinajstić information content (AvgIpc) is 2.90. The highest BCUT2D eigenvalue weighted by atomic mass is 19.4. The molecule has 1 atom stereocenters. The molecule has 0 fully saturated rings. The molecule has 0 radical (unpaired) electrons. The first-order valence-electron chi connectivity index (χ1n) is 11.9. The minimum Gasteiger partial charge on any atom is -0.489 e. The molecule has 1 N–H and O–H groups in total. The van der Waals surface area contributed by atoms with Gasteiger partial charge >= 0.3 is 30.4 Å². The normalized spacial score (nSPS) is 14.0. The van der Waals surface area contributed by atoms with Gasteiger partial charge in [-0.3, -0.25) is 0 Å². The van der Waals surface area contributed by atoms with Crippen molar-refractivity contribution in [3.05, 3.63) is 95.1 Å². The Bertz CT molecular complexity index is 1380. The van der Waals surface area contributed by atoms with E-state index in [0.717, 1.165) is 35.2 Å². The molecule has 236 valence electrons. The summed E-state index contributed by atoms with van der Waals surface area (Å²) in [6.07, 6.45) is -19.4. The number of aliphatic hydroxyl groups excluding tert-OH is 1. The lowest BCUT2D eigenvalue weighted by Crippen LogP contribution is -2.50. The predicted octanol–water partition coefficient (Wildman–Crippen LogP) is 8.50. The molecule has 0 unspecified atom stereocenters. The molecule has 16 heteroatoms. The number of anilines is 1. The highest BCUT2D eigenvalue weighted by Crippen LogP contribution is 2.51. The van der Waals surface area contributed by atoms with Crippen LogP contribution in [0.15, 0.2) is 72.8 Å². The molecular formula is C27H20F13NO2. The number of hydrogen-bond acceptors (Lipinski definition) is 3. The third-order valence-corrected chi connectivity index (χ3v) is 6.03. The van der Waals surface area contributed by atoms with E-state index in [2.05, 4.69) is 0 Å². The molecular weight excluding hydrogens is 617 g/mol. The molecule has 43 heavy (non-hydrogen) atoms. The van der Waals surface area contributed by atoms with E-state index in [1.165, 1.54) is 24.3 Å². The molecule has 0 aliphatic rings. The smallest absolute Gasteiger partial charge is 0.460 e. The van der Waals surface area contributed by atoms with Gasteiger partial charge in [-0.25, -0.2) is 0 Å². The molecule has 0 saturated carbocycles. The minimum atomic E-state index is -6.62. The Morgan fingerprint density at radius 2 is 1.23 bits per heavy atom. The standard InChI is InChI=1S/C27H20F13NO2/c28-23(29,26(36,37)27(38,39)40)18-6-1-4-16(10-18)13-41(14-22(42)25(33,34)35)20-8-3-9-21(12-20)43-15-17-5-2-7-19(11-17)24(30,31)32/h1-12,22,42H,13-15H2/t22-/m1/s1. The van der Waals surface area contributed by atoms with Crippen LogP contribution in [0.2, 0.25) is 0 Å². The lowest BCUT2D eigenvalue weighted by atomic mass is 9.99. The van der Waals surface area contributed by atoms with Crippen LogP contribution in [0.1, 0.15) is 22.3 Å². The number of rotatable bonds is 10. The average molecular weight is 637 g/mol. The van der Waals surface area contributed by atoms with Crippen molar-refractivity contribution >= 4 is 5.69 Å². The molecule has 0 heterocycles. The third kappa shape index (κ3) is 8.03. The first-order chi connectivity index (χ1) is 19.6. The summed E-state index contributed by atoms with van der Waals surface area (Å²) in [4.78, 5) is 0.772. The Labute approximate surface area is 235 Å². The summed E-state index contributed by atoms with van der Waals surface area (Å²) in [6.45, 7) is -2.44. The maximum atomic E-state index is 14.3. The second-order valence-electron chi connectivity index (χ2n) is 9.27. The van der Waals surface area contributed by atoms with Crippen molar-refractivity contribution in [2.24, 2.45) is 0 Å². The summed E-state index contributed by atoms with van der Waals surface area (Å²) >= 11 is 0. The maximum absolute atomic E-state index is 14.3. The van der Waals surface area contributed by atoms with E-state index < -0.39 is 72.9 Å². The molecule has 3 rings (SSSR count). The van der Waals surface area contributed by atoms with Crippen LogP contribution >= 0.6 is 0 Å². The number of ether oxygens (including phenoxy) is 1. The Balaban J connectivity index is 1.91. The van der Waals surface area contributed by atoms with Crippen molar-refractivity contribution in [3.63, 3.8) is 0 Å². The fraction of sp³-hybridized carbons (Fsp3) is 0.333. The molecule has 3 aromatic rings. The van der Waals surface area contributed by atoms with Gasteiger partial charge in [-0.1, -0.05) is 36.4 Å². The predicted molar refractivity (Wildman–Crippen MR) is 127 cm³/mol. The van der Waals surface area contributed by atoms with Gasteiger partial charge in [0.1, 0.15) is 12.4 Å². The van der Waals surface area contributed by atoms with Gasteiger partial charge in [0.05, 0.1) is 12.1 Å². The van der Waals surface area contributed by atoms with Crippen LogP contribution in [0.25, 0.3) is 0 Å². The van der Waals surface area contributed by atoms with Crippen LogP contribution in [-0.2, 0) is 25.3 Å². The van der Waals surface area contributed by atoms with Gasteiger partial charge in [0.25, 0.3) is 0 Å². The Kier molecular flexibility index (Phi) is 9.54. The number of aliphatic hydroxyl groups is 1. The van der Waals surface area contributed by atoms with Gasteiger partial charge in [0.2, 0.25) is 0 Å². The number of benzene rings is 3. The van der Waals surface area contributed by atoms with E-state index in [1.807, 2.05) is 0 Å². The highest BCUT2D eigenvalue weighted by Gasteiger charge is 2.73. The van der Waals surface area contributed by atoms with Crippen LogP contribution in [0.3, 0.4) is 0 Å². The molecule has 0 amide bonds. The lowest BCUT2D eigenvalue weighted by molar-refractivity contribution is -0.359. The first-order valence-corrected chi connectivity index (χ1v) is 11.9. The molecule has 0 aliphatic carbocycles. The van der Waals surface area contributed by atoms with Crippen molar-refractivity contribution in [2.45, 2.75) is 49.6 Å². The van der Waals surface area contributed by atoms with Gasteiger partial charge in [0, 0.05) is 23.9 Å². The lowest BCUT2D eigenvalue weighted by Gasteiger charge is -2.30. The third-order valence-electron chi connectivity index (χ3n) is 6.03. The van der Waals surface area contributed by atoms with E-state index in [9.17, 15) is 62.2 Å². The molecule has 0 saturated heterocycles. The van der Waals surface area contributed by atoms with Crippen molar-refractivity contribution in [1.29, 1.82) is 0 Å². The SMILES string of the molecule is O[C@H](CN(Cc1cccc(C(F)(F)C(F)(F)C(F)(F)F)c1)c1cccc(OCc2cccc(C(F)(F)F)c2)c1)C(F)(F)F. The maximum Gasteiger partial charge on any atom is 0.460 e.